The van der Waals surface area contributed by atoms with Crippen molar-refractivity contribution in [3.8, 4) is 5.75 Å². The van der Waals surface area contributed by atoms with Crippen LogP contribution in [0.2, 0.25) is 0 Å². The Labute approximate surface area is 182 Å². The minimum absolute atomic E-state index is 0.00823. The van der Waals surface area contributed by atoms with Crippen LogP contribution in [0.25, 0.3) is 0 Å². The number of nitrogens with zero attached hydrogens (tertiary/aromatic N) is 3. The summed E-state index contributed by atoms with van der Waals surface area (Å²) in [5.41, 5.74) is 2.43. The van der Waals surface area contributed by atoms with Crippen LogP contribution in [0.15, 0.2) is 48.5 Å². The van der Waals surface area contributed by atoms with Gasteiger partial charge in [0, 0.05) is 18.1 Å². The number of nitrogens with one attached hydrogen (secondary N) is 1. The number of carbonyl (C=O) groups excluding carboxylic acids is 4. The number of methoxy groups -OCH3 is 1. The van der Waals surface area contributed by atoms with E-state index in [-0.39, 0.29) is 35.5 Å². The lowest BCUT2D eigenvalue weighted by Gasteiger charge is -2.27. The Balaban J connectivity index is 1.92. The molecule has 0 spiro atoms. The molecular weight excluding hydrogens is 420 g/mol. The minimum Gasteiger partial charge on any atom is -0.494 e. The predicted octanol–water partition coefficient (Wildman–Crippen LogP) is 1.82. The normalized spacial score (nSPS) is 15.4. The second-order valence-corrected chi connectivity index (χ2v) is 6.82. The van der Waals surface area contributed by atoms with Gasteiger partial charge in [-0.25, -0.2) is 9.91 Å². The van der Waals surface area contributed by atoms with E-state index in [1.165, 1.54) is 13.2 Å². The summed E-state index contributed by atoms with van der Waals surface area (Å²) in [6, 6.07) is 10.3. The highest BCUT2D eigenvalue weighted by atomic mass is 16.6. The molecule has 0 radical (unpaired) electrons. The zero-order chi connectivity index (χ0) is 23.4. The molecule has 1 fully saturated rings. The van der Waals surface area contributed by atoms with Crippen molar-refractivity contribution >= 4 is 35.0 Å². The van der Waals surface area contributed by atoms with E-state index in [1.807, 2.05) is 0 Å². The van der Waals surface area contributed by atoms with E-state index in [9.17, 15) is 29.3 Å². The molecule has 1 unspecified atom stereocenters. The molecule has 0 aromatic heterocycles. The van der Waals surface area contributed by atoms with Crippen molar-refractivity contribution in [1.82, 2.24) is 10.4 Å². The second-order valence-electron chi connectivity index (χ2n) is 6.82. The molecule has 1 aliphatic heterocycles. The van der Waals surface area contributed by atoms with Crippen molar-refractivity contribution in [2.24, 2.45) is 0 Å². The first kappa shape index (κ1) is 22.4. The maximum absolute atomic E-state index is 13.2. The number of imide groups is 1. The van der Waals surface area contributed by atoms with Crippen LogP contribution < -0.4 is 15.1 Å². The Morgan fingerprint density at radius 1 is 1.22 bits per heavy atom. The smallest absolute Gasteiger partial charge is 0.273 e. The molecule has 2 aromatic carbocycles. The molecule has 1 saturated heterocycles. The lowest BCUT2D eigenvalue weighted by Crippen LogP contribution is -2.54. The standard InChI is InChI=1S/C21H20N4O7/c1-3-18(26)24(22-20(28)13-7-5-4-6-8-13)16-12-19(27)23(21(16)29)15-10-9-14(25(30)31)11-17(15)32-2/h4-11,16H,3,12H2,1-2H3,(H,22,28). The van der Waals surface area contributed by atoms with Crippen LogP contribution >= 0.6 is 0 Å². The van der Waals surface area contributed by atoms with Crippen molar-refractivity contribution in [3.05, 3.63) is 64.2 Å². The van der Waals surface area contributed by atoms with E-state index < -0.39 is 34.6 Å². The van der Waals surface area contributed by atoms with Crippen LogP contribution in [0.3, 0.4) is 0 Å². The Bertz CT molecular complexity index is 1090. The Kier molecular flexibility index (Phi) is 6.47. The summed E-state index contributed by atoms with van der Waals surface area (Å²) in [5, 5.41) is 11.9. The number of nitro groups is 1. The number of anilines is 1. The Morgan fingerprint density at radius 3 is 2.50 bits per heavy atom. The van der Waals surface area contributed by atoms with E-state index >= 15 is 0 Å². The van der Waals surface area contributed by atoms with Gasteiger partial charge >= 0.3 is 0 Å². The maximum atomic E-state index is 13.2. The van der Waals surface area contributed by atoms with Crippen LogP contribution in [0.5, 0.6) is 5.75 Å². The van der Waals surface area contributed by atoms with Crippen molar-refractivity contribution < 1.29 is 28.8 Å². The number of hydrazine groups is 1. The van der Waals surface area contributed by atoms with Crippen molar-refractivity contribution in [2.75, 3.05) is 12.0 Å². The number of amides is 4. The summed E-state index contributed by atoms with van der Waals surface area (Å²) in [7, 11) is 1.25. The van der Waals surface area contributed by atoms with Crippen molar-refractivity contribution in [3.63, 3.8) is 0 Å². The predicted molar refractivity (Wildman–Crippen MR) is 112 cm³/mol. The van der Waals surface area contributed by atoms with E-state index in [1.54, 1.807) is 37.3 Å². The number of nitro benzene ring substituents is 1. The fraction of sp³-hybridized carbons (Fsp3) is 0.238. The third-order valence-corrected chi connectivity index (χ3v) is 4.88. The molecule has 1 aliphatic rings. The fourth-order valence-corrected chi connectivity index (χ4v) is 3.28. The number of carbonyl (C=O) groups is 4. The fourth-order valence-electron chi connectivity index (χ4n) is 3.28. The molecule has 11 nitrogen and oxygen atoms in total. The zero-order valence-corrected chi connectivity index (χ0v) is 17.3. The quantitative estimate of drug-likeness (QED) is 0.410. The SMILES string of the molecule is CCC(=O)N(NC(=O)c1ccccc1)C1CC(=O)N(c2ccc([N+](=O)[O-])cc2OC)C1=O. The van der Waals surface area contributed by atoms with Crippen molar-refractivity contribution in [1.29, 1.82) is 0 Å². The number of hydrogen-bond donors (Lipinski definition) is 1. The van der Waals surface area contributed by atoms with Gasteiger partial charge in [-0.05, 0) is 18.2 Å². The minimum atomic E-state index is -1.28. The Hall–Kier alpha value is -4.28. The molecule has 1 heterocycles. The van der Waals surface area contributed by atoms with Gasteiger partial charge < -0.3 is 4.74 Å². The van der Waals surface area contributed by atoms with E-state index in [0.29, 0.717) is 0 Å². The molecule has 0 bridgehead atoms. The summed E-state index contributed by atoms with van der Waals surface area (Å²) in [6.07, 6.45) is -0.395. The summed E-state index contributed by atoms with van der Waals surface area (Å²) in [4.78, 5) is 62.2. The lowest BCUT2D eigenvalue weighted by molar-refractivity contribution is -0.384. The van der Waals surface area contributed by atoms with Crippen LogP contribution in [0, 0.1) is 10.1 Å². The van der Waals surface area contributed by atoms with Crippen molar-refractivity contribution in [2.45, 2.75) is 25.8 Å². The number of hydrogen-bond acceptors (Lipinski definition) is 7. The molecule has 0 saturated carbocycles. The number of non-ortho nitro benzene ring substituents is 1. The molecular formula is C21H20N4O7. The van der Waals surface area contributed by atoms with Crippen LogP contribution in [-0.2, 0) is 14.4 Å². The molecule has 3 rings (SSSR count). The highest BCUT2D eigenvalue weighted by Gasteiger charge is 2.46. The first-order chi connectivity index (χ1) is 15.3. The van der Waals surface area contributed by atoms with E-state index in [4.69, 9.17) is 4.74 Å². The highest BCUT2D eigenvalue weighted by Crippen LogP contribution is 2.35. The van der Waals surface area contributed by atoms with Gasteiger partial charge in [0.25, 0.3) is 17.5 Å². The molecule has 4 amide bonds. The summed E-state index contributed by atoms with van der Waals surface area (Å²) in [6.45, 7) is 1.56. The third-order valence-electron chi connectivity index (χ3n) is 4.88. The number of rotatable bonds is 6. The van der Waals surface area contributed by atoms with Gasteiger partial charge in [-0.1, -0.05) is 25.1 Å². The van der Waals surface area contributed by atoms with Crippen LogP contribution in [0.4, 0.5) is 11.4 Å². The average molecular weight is 440 g/mol. The molecule has 2 aromatic rings. The molecule has 11 heteroatoms. The van der Waals surface area contributed by atoms with Gasteiger partial charge in [0.2, 0.25) is 11.8 Å². The van der Waals surface area contributed by atoms with Gasteiger partial charge in [-0.15, -0.1) is 0 Å². The number of ether oxygens (including phenoxy) is 1. The third kappa shape index (κ3) is 4.26. The van der Waals surface area contributed by atoms with Crippen LogP contribution in [0.1, 0.15) is 30.1 Å². The number of benzene rings is 2. The highest BCUT2D eigenvalue weighted by molar-refractivity contribution is 6.23. The molecule has 1 N–H and O–H groups in total. The topological polar surface area (TPSA) is 139 Å². The Morgan fingerprint density at radius 2 is 1.91 bits per heavy atom. The largest absolute Gasteiger partial charge is 0.494 e. The summed E-state index contributed by atoms with van der Waals surface area (Å²) in [5.74, 6) is -2.63. The zero-order valence-electron chi connectivity index (χ0n) is 17.3. The van der Waals surface area contributed by atoms with Gasteiger partial charge in [0.1, 0.15) is 11.8 Å². The van der Waals surface area contributed by atoms with E-state index in [2.05, 4.69) is 5.43 Å². The average Bonchev–Trinajstić information content (AvgIpc) is 3.10. The molecule has 0 aliphatic carbocycles. The monoisotopic (exact) mass is 440 g/mol. The first-order valence-electron chi connectivity index (χ1n) is 9.65. The summed E-state index contributed by atoms with van der Waals surface area (Å²) >= 11 is 0. The molecule has 1 atom stereocenters. The van der Waals surface area contributed by atoms with Crippen LogP contribution in [-0.4, -0.2) is 46.7 Å². The molecule has 166 valence electrons. The maximum Gasteiger partial charge on any atom is 0.273 e. The van der Waals surface area contributed by atoms with Gasteiger partial charge in [-0.2, -0.15) is 0 Å². The lowest BCUT2D eigenvalue weighted by atomic mass is 10.2. The van der Waals surface area contributed by atoms with Gasteiger partial charge in [0.05, 0.1) is 30.2 Å². The van der Waals surface area contributed by atoms with Gasteiger partial charge in [0.15, 0.2) is 0 Å². The van der Waals surface area contributed by atoms with E-state index in [0.717, 1.165) is 22.0 Å². The van der Waals surface area contributed by atoms with Gasteiger partial charge in [-0.3, -0.25) is 34.7 Å². The second kappa shape index (κ2) is 9.25. The summed E-state index contributed by atoms with van der Waals surface area (Å²) < 4.78 is 5.13. The first-order valence-corrected chi connectivity index (χ1v) is 9.65. The molecule has 32 heavy (non-hydrogen) atoms.